The molecule has 0 aromatic heterocycles. The van der Waals surface area contributed by atoms with Crippen molar-refractivity contribution in [3.63, 3.8) is 0 Å². The Morgan fingerprint density at radius 1 is 1.44 bits per heavy atom. The number of aliphatic carboxylic acids is 1. The van der Waals surface area contributed by atoms with Crippen molar-refractivity contribution in [1.82, 2.24) is 0 Å². The van der Waals surface area contributed by atoms with E-state index in [9.17, 15) is 9.59 Å². The summed E-state index contributed by atoms with van der Waals surface area (Å²) in [6.07, 6.45) is 0.282. The van der Waals surface area contributed by atoms with Gasteiger partial charge in [0, 0.05) is 11.3 Å². The van der Waals surface area contributed by atoms with Crippen LogP contribution >= 0.6 is 0 Å². The van der Waals surface area contributed by atoms with Crippen LogP contribution in [-0.4, -0.2) is 22.4 Å². The second-order valence-electron chi connectivity index (χ2n) is 4.01. The number of anilines is 1. The minimum atomic E-state index is -0.963. The summed E-state index contributed by atoms with van der Waals surface area (Å²) in [4.78, 5) is 23.0. The lowest BCUT2D eigenvalue weighted by Crippen LogP contribution is -2.43. The normalized spacial score (nSPS) is 22.7. The van der Waals surface area contributed by atoms with Gasteiger partial charge < -0.3 is 10.4 Å². The molecule has 0 bridgehead atoms. The number of carbonyl (C=O) groups is 2. The van der Waals surface area contributed by atoms with Crippen LogP contribution in [0.15, 0.2) is 24.3 Å². The van der Waals surface area contributed by atoms with E-state index in [-0.39, 0.29) is 12.2 Å². The molecule has 4 nitrogen and oxygen atoms in total. The molecular weight excluding hydrogens is 206 g/mol. The molecule has 0 radical (unpaired) electrons. The standard InChI is InChI=1S/C12H13NO3/c1-2-12(7-10(14)15)11(16)8-5-3-4-6-9(8)13-12/h3-6,13H,2,7H2,1H3,(H,14,15). The van der Waals surface area contributed by atoms with Gasteiger partial charge in [0.15, 0.2) is 5.78 Å². The third-order valence-corrected chi connectivity index (χ3v) is 3.04. The first-order valence-corrected chi connectivity index (χ1v) is 5.23. The fraction of sp³-hybridized carbons (Fsp3) is 0.333. The predicted molar refractivity (Wildman–Crippen MR) is 59.7 cm³/mol. The number of rotatable bonds is 3. The molecule has 1 heterocycles. The Morgan fingerprint density at radius 3 is 2.69 bits per heavy atom. The van der Waals surface area contributed by atoms with Crippen LogP contribution in [-0.2, 0) is 4.79 Å². The monoisotopic (exact) mass is 219 g/mol. The maximum atomic E-state index is 12.2. The zero-order valence-electron chi connectivity index (χ0n) is 8.99. The van der Waals surface area contributed by atoms with Crippen molar-refractivity contribution < 1.29 is 14.7 Å². The number of carboxylic acid groups (broad SMARTS) is 1. The third-order valence-electron chi connectivity index (χ3n) is 3.04. The number of fused-ring (bicyclic) bond motifs is 1. The van der Waals surface area contributed by atoms with Gasteiger partial charge in [0.05, 0.1) is 6.42 Å². The van der Waals surface area contributed by atoms with Gasteiger partial charge in [0.25, 0.3) is 0 Å². The first-order valence-electron chi connectivity index (χ1n) is 5.23. The highest BCUT2D eigenvalue weighted by molar-refractivity contribution is 6.14. The molecule has 1 aliphatic heterocycles. The fourth-order valence-corrected chi connectivity index (χ4v) is 2.12. The van der Waals surface area contributed by atoms with Crippen LogP contribution in [0.2, 0.25) is 0 Å². The van der Waals surface area contributed by atoms with Crippen LogP contribution in [0.5, 0.6) is 0 Å². The number of benzene rings is 1. The maximum Gasteiger partial charge on any atom is 0.306 e. The minimum absolute atomic E-state index is 0.118. The lowest BCUT2D eigenvalue weighted by Gasteiger charge is -2.24. The highest BCUT2D eigenvalue weighted by Gasteiger charge is 2.45. The summed E-state index contributed by atoms with van der Waals surface area (Å²) in [5, 5.41) is 11.9. The van der Waals surface area contributed by atoms with E-state index in [1.54, 1.807) is 18.2 Å². The van der Waals surface area contributed by atoms with Crippen molar-refractivity contribution in [2.45, 2.75) is 25.3 Å². The second kappa shape index (κ2) is 3.63. The smallest absolute Gasteiger partial charge is 0.306 e. The van der Waals surface area contributed by atoms with Gasteiger partial charge in [-0.05, 0) is 18.6 Å². The number of Topliss-reactive ketones (excluding diaryl/α,β-unsaturated/α-hetero) is 1. The number of para-hydroxylation sites is 1. The van der Waals surface area contributed by atoms with Gasteiger partial charge in [0.2, 0.25) is 0 Å². The Labute approximate surface area is 93.3 Å². The summed E-state index contributed by atoms with van der Waals surface area (Å²) in [5.41, 5.74) is 0.358. The molecule has 2 rings (SSSR count). The van der Waals surface area contributed by atoms with Gasteiger partial charge in [-0.25, -0.2) is 0 Å². The molecule has 1 atom stereocenters. The molecule has 0 saturated heterocycles. The van der Waals surface area contributed by atoms with Gasteiger partial charge in [-0.3, -0.25) is 9.59 Å². The number of hydrogen-bond donors (Lipinski definition) is 2. The van der Waals surface area contributed by atoms with Gasteiger partial charge in [-0.15, -0.1) is 0 Å². The molecule has 1 aromatic rings. The third kappa shape index (κ3) is 1.46. The first kappa shape index (κ1) is 10.7. The second-order valence-corrected chi connectivity index (χ2v) is 4.01. The van der Waals surface area contributed by atoms with Crippen molar-refractivity contribution in [2.24, 2.45) is 0 Å². The Bertz CT molecular complexity index is 455. The van der Waals surface area contributed by atoms with E-state index in [2.05, 4.69) is 5.32 Å². The number of ketones is 1. The number of carboxylic acids is 1. The largest absolute Gasteiger partial charge is 0.481 e. The van der Waals surface area contributed by atoms with E-state index in [0.717, 1.165) is 5.69 Å². The van der Waals surface area contributed by atoms with E-state index in [4.69, 9.17) is 5.11 Å². The topological polar surface area (TPSA) is 66.4 Å². The van der Waals surface area contributed by atoms with E-state index in [1.807, 2.05) is 13.0 Å². The Hall–Kier alpha value is -1.84. The molecule has 16 heavy (non-hydrogen) atoms. The number of carbonyl (C=O) groups excluding carboxylic acids is 1. The molecule has 2 N–H and O–H groups in total. The van der Waals surface area contributed by atoms with Gasteiger partial charge >= 0.3 is 5.97 Å². The average molecular weight is 219 g/mol. The Balaban J connectivity index is 2.41. The zero-order chi connectivity index (χ0) is 11.8. The SMILES string of the molecule is CCC1(CC(=O)O)Nc2ccccc2C1=O. The van der Waals surface area contributed by atoms with Crippen molar-refractivity contribution in [2.75, 3.05) is 5.32 Å². The van der Waals surface area contributed by atoms with Crippen LogP contribution in [0.1, 0.15) is 30.1 Å². The fourth-order valence-electron chi connectivity index (χ4n) is 2.12. The predicted octanol–water partition coefficient (Wildman–Crippen LogP) is 1.92. The Kier molecular flexibility index (Phi) is 2.42. The molecule has 1 aromatic carbocycles. The van der Waals surface area contributed by atoms with Crippen LogP contribution < -0.4 is 5.32 Å². The van der Waals surface area contributed by atoms with Crippen LogP contribution in [0.3, 0.4) is 0 Å². The van der Waals surface area contributed by atoms with Crippen molar-refractivity contribution in [1.29, 1.82) is 0 Å². The van der Waals surface area contributed by atoms with Crippen LogP contribution in [0.4, 0.5) is 5.69 Å². The molecule has 0 amide bonds. The average Bonchev–Trinajstić information content (AvgIpc) is 2.53. The molecular formula is C12H13NO3. The lowest BCUT2D eigenvalue weighted by atomic mass is 9.87. The zero-order valence-corrected chi connectivity index (χ0v) is 8.99. The quantitative estimate of drug-likeness (QED) is 0.815. The summed E-state index contributed by atoms with van der Waals surface area (Å²) in [6, 6.07) is 7.13. The highest BCUT2D eigenvalue weighted by Crippen LogP contribution is 2.36. The van der Waals surface area contributed by atoms with Crippen molar-refractivity contribution in [3.05, 3.63) is 29.8 Å². The molecule has 1 unspecified atom stereocenters. The van der Waals surface area contributed by atoms with E-state index in [1.165, 1.54) is 0 Å². The number of hydrogen-bond acceptors (Lipinski definition) is 3. The molecule has 1 aliphatic rings. The van der Waals surface area contributed by atoms with E-state index >= 15 is 0 Å². The van der Waals surface area contributed by atoms with E-state index in [0.29, 0.717) is 12.0 Å². The summed E-state index contributed by atoms with van der Waals surface area (Å²) < 4.78 is 0. The minimum Gasteiger partial charge on any atom is -0.481 e. The summed E-state index contributed by atoms with van der Waals surface area (Å²) in [6.45, 7) is 1.82. The lowest BCUT2D eigenvalue weighted by molar-refractivity contribution is -0.137. The molecule has 4 heteroatoms. The maximum absolute atomic E-state index is 12.2. The van der Waals surface area contributed by atoms with Crippen molar-refractivity contribution in [3.8, 4) is 0 Å². The number of nitrogens with one attached hydrogen (secondary N) is 1. The summed E-state index contributed by atoms with van der Waals surface area (Å²) in [7, 11) is 0. The molecule has 0 fully saturated rings. The van der Waals surface area contributed by atoms with Crippen LogP contribution in [0, 0.1) is 0 Å². The molecule has 0 aliphatic carbocycles. The molecule has 84 valence electrons. The van der Waals surface area contributed by atoms with E-state index < -0.39 is 11.5 Å². The highest BCUT2D eigenvalue weighted by atomic mass is 16.4. The molecule has 0 spiro atoms. The Morgan fingerprint density at radius 2 is 2.12 bits per heavy atom. The van der Waals surface area contributed by atoms with Gasteiger partial charge in [0.1, 0.15) is 5.54 Å². The summed E-state index contributed by atoms with van der Waals surface area (Å²) in [5.74, 6) is -1.08. The summed E-state index contributed by atoms with van der Waals surface area (Å²) >= 11 is 0. The molecule has 0 saturated carbocycles. The van der Waals surface area contributed by atoms with Crippen LogP contribution in [0.25, 0.3) is 0 Å². The van der Waals surface area contributed by atoms with Gasteiger partial charge in [-0.2, -0.15) is 0 Å². The van der Waals surface area contributed by atoms with Crippen molar-refractivity contribution >= 4 is 17.4 Å². The first-order chi connectivity index (χ1) is 7.59. The van der Waals surface area contributed by atoms with Gasteiger partial charge in [-0.1, -0.05) is 19.1 Å².